The van der Waals surface area contributed by atoms with E-state index < -0.39 is 0 Å². The van der Waals surface area contributed by atoms with Gasteiger partial charge < -0.3 is 14.2 Å². The Hall–Kier alpha value is -3.60. The maximum absolute atomic E-state index is 11.6. The van der Waals surface area contributed by atoms with Gasteiger partial charge in [0.1, 0.15) is 24.2 Å². The maximum Gasteiger partial charge on any atom is 0.302 e. The van der Waals surface area contributed by atoms with Gasteiger partial charge in [-0.1, -0.05) is 67.6 Å². The second kappa shape index (κ2) is 11.7. The molecule has 5 heteroatoms. The molecule has 0 aromatic heterocycles. The molecule has 0 aliphatic carbocycles. The van der Waals surface area contributed by atoms with Crippen LogP contribution in [0.15, 0.2) is 72.8 Å². The number of esters is 1. The molecule has 3 aromatic carbocycles. The van der Waals surface area contributed by atoms with Crippen LogP contribution in [0.3, 0.4) is 0 Å². The van der Waals surface area contributed by atoms with Crippen molar-refractivity contribution < 1.29 is 23.8 Å². The predicted octanol–water partition coefficient (Wildman–Crippen LogP) is 5.86. The summed E-state index contributed by atoms with van der Waals surface area (Å²) in [6.45, 7) is 4.12. The highest BCUT2D eigenvalue weighted by atomic mass is 16.5. The first-order valence-electron chi connectivity index (χ1n) is 10.8. The first-order valence-corrected chi connectivity index (χ1v) is 10.8. The molecule has 166 valence electrons. The smallest absolute Gasteiger partial charge is 0.302 e. The van der Waals surface area contributed by atoms with Crippen LogP contribution in [0.4, 0.5) is 0 Å². The van der Waals surface area contributed by atoms with Crippen molar-refractivity contribution >= 4 is 12.3 Å². The van der Waals surface area contributed by atoms with E-state index in [9.17, 15) is 9.59 Å². The van der Waals surface area contributed by atoms with Crippen molar-refractivity contribution in [3.05, 3.63) is 83.9 Å². The monoisotopic (exact) mass is 432 g/mol. The minimum absolute atomic E-state index is 0.157. The van der Waals surface area contributed by atoms with Crippen LogP contribution in [-0.2, 0) is 16.1 Å². The van der Waals surface area contributed by atoms with Gasteiger partial charge in [0, 0.05) is 30.0 Å². The molecule has 3 aromatic rings. The minimum Gasteiger partial charge on any atom is -0.493 e. The molecule has 0 N–H and O–H groups in total. The van der Waals surface area contributed by atoms with Gasteiger partial charge in [0.2, 0.25) is 0 Å². The summed E-state index contributed by atoms with van der Waals surface area (Å²) in [5.74, 6) is 1.08. The highest BCUT2D eigenvalue weighted by Gasteiger charge is 2.14. The van der Waals surface area contributed by atoms with Crippen LogP contribution in [0.25, 0.3) is 11.1 Å². The number of hydrogen-bond donors (Lipinski definition) is 0. The van der Waals surface area contributed by atoms with E-state index in [0.29, 0.717) is 30.9 Å². The lowest BCUT2D eigenvalue weighted by Crippen LogP contribution is -2.18. The molecule has 0 spiro atoms. The molecule has 3 rings (SSSR count). The highest BCUT2D eigenvalue weighted by molar-refractivity contribution is 5.90. The molecule has 0 radical (unpaired) electrons. The van der Waals surface area contributed by atoms with E-state index >= 15 is 0 Å². The number of rotatable bonds is 11. The second-order valence-electron chi connectivity index (χ2n) is 7.38. The lowest BCUT2D eigenvalue weighted by Gasteiger charge is -2.17. The summed E-state index contributed by atoms with van der Waals surface area (Å²) in [6, 6.07) is 22.9. The third-order valence-electron chi connectivity index (χ3n) is 5.09. The van der Waals surface area contributed by atoms with Gasteiger partial charge >= 0.3 is 5.97 Å². The molecule has 0 bridgehead atoms. The van der Waals surface area contributed by atoms with Crippen LogP contribution in [0.1, 0.15) is 42.6 Å². The molecule has 32 heavy (non-hydrogen) atoms. The number of ether oxygens (including phenoxy) is 3. The molecule has 0 amide bonds. The number of carbonyl (C=O) groups excluding carboxylic acids is 2. The standard InChI is InChI=1S/C27H28O5/c1-3-24(32-20(2)29)16-17-30-25-14-8-7-12-23(25)19-31-26-15-9-13-22(18-28)27(26)21-10-5-4-6-11-21/h4-15,18,24H,3,16-17,19H2,1-2H3. The largest absolute Gasteiger partial charge is 0.493 e. The van der Waals surface area contributed by atoms with Crippen molar-refractivity contribution in [2.24, 2.45) is 0 Å². The summed E-state index contributed by atoms with van der Waals surface area (Å²) in [7, 11) is 0. The average Bonchev–Trinajstić information content (AvgIpc) is 2.82. The molecule has 1 atom stereocenters. The minimum atomic E-state index is -0.280. The number of para-hydroxylation sites is 1. The molecule has 0 saturated carbocycles. The van der Waals surface area contributed by atoms with Crippen LogP contribution >= 0.6 is 0 Å². The Bertz CT molecular complexity index is 1030. The summed E-state index contributed by atoms with van der Waals surface area (Å²) >= 11 is 0. The Morgan fingerprint density at radius 2 is 1.62 bits per heavy atom. The lowest BCUT2D eigenvalue weighted by molar-refractivity contribution is -0.147. The Labute approximate surface area is 188 Å². The van der Waals surface area contributed by atoms with Crippen molar-refractivity contribution in [1.82, 2.24) is 0 Å². The topological polar surface area (TPSA) is 61.8 Å². The Kier molecular flexibility index (Phi) is 8.44. The van der Waals surface area contributed by atoms with Gasteiger partial charge in [0.15, 0.2) is 6.29 Å². The van der Waals surface area contributed by atoms with Gasteiger partial charge in [-0.15, -0.1) is 0 Å². The number of benzene rings is 3. The molecule has 0 aliphatic rings. The number of carbonyl (C=O) groups is 2. The number of hydrogen-bond acceptors (Lipinski definition) is 5. The quantitative estimate of drug-likeness (QED) is 0.281. The molecule has 0 heterocycles. The Morgan fingerprint density at radius 3 is 2.34 bits per heavy atom. The first-order chi connectivity index (χ1) is 15.6. The van der Waals surface area contributed by atoms with Crippen molar-refractivity contribution in [1.29, 1.82) is 0 Å². The van der Waals surface area contributed by atoms with Crippen molar-refractivity contribution in [3.8, 4) is 22.6 Å². The van der Waals surface area contributed by atoms with E-state index in [1.165, 1.54) is 6.92 Å². The van der Waals surface area contributed by atoms with Crippen molar-refractivity contribution in [2.75, 3.05) is 6.61 Å². The molecule has 1 unspecified atom stereocenters. The third-order valence-corrected chi connectivity index (χ3v) is 5.09. The summed E-state index contributed by atoms with van der Waals surface area (Å²) in [6.07, 6.45) is 2.04. The van der Waals surface area contributed by atoms with Crippen molar-refractivity contribution in [3.63, 3.8) is 0 Å². The molecule has 0 fully saturated rings. The van der Waals surface area contributed by atoms with Gasteiger partial charge in [-0.2, -0.15) is 0 Å². The Morgan fingerprint density at radius 1 is 0.906 bits per heavy atom. The molecular formula is C27H28O5. The zero-order chi connectivity index (χ0) is 22.8. The fourth-order valence-corrected chi connectivity index (χ4v) is 3.48. The van der Waals surface area contributed by atoms with Crippen LogP contribution < -0.4 is 9.47 Å². The van der Waals surface area contributed by atoms with E-state index in [1.54, 1.807) is 6.07 Å². The summed E-state index contributed by atoms with van der Waals surface area (Å²) in [5.41, 5.74) is 3.16. The van der Waals surface area contributed by atoms with Crippen LogP contribution in [0, 0.1) is 0 Å². The van der Waals surface area contributed by atoms with Gasteiger partial charge in [-0.25, -0.2) is 0 Å². The van der Waals surface area contributed by atoms with Gasteiger partial charge in [-0.05, 0) is 24.1 Å². The molecule has 5 nitrogen and oxygen atoms in total. The van der Waals surface area contributed by atoms with Crippen molar-refractivity contribution in [2.45, 2.75) is 39.4 Å². The fourth-order valence-electron chi connectivity index (χ4n) is 3.48. The highest BCUT2D eigenvalue weighted by Crippen LogP contribution is 2.33. The van der Waals surface area contributed by atoms with Gasteiger partial charge in [0.05, 0.1) is 6.61 Å². The van der Waals surface area contributed by atoms with E-state index in [-0.39, 0.29) is 12.1 Å². The molecular weight excluding hydrogens is 404 g/mol. The SMILES string of the molecule is CCC(CCOc1ccccc1COc1cccc(C=O)c1-c1ccccc1)OC(C)=O. The summed E-state index contributed by atoms with van der Waals surface area (Å²) < 4.78 is 17.4. The zero-order valence-corrected chi connectivity index (χ0v) is 18.5. The Balaban J connectivity index is 1.72. The summed E-state index contributed by atoms with van der Waals surface area (Å²) in [5, 5.41) is 0. The zero-order valence-electron chi connectivity index (χ0n) is 18.5. The number of aldehydes is 1. The summed E-state index contributed by atoms with van der Waals surface area (Å²) in [4.78, 5) is 22.8. The average molecular weight is 433 g/mol. The second-order valence-corrected chi connectivity index (χ2v) is 7.38. The van der Waals surface area contributed by atoms with Crippen LogP contribution in [0.5, 0.6) is 11.5 Å². The fraction of sp³-hybridized carbons (Fsp3) is 0.259. The predicted molar refractivity (Wildman–Crippen MR) is 124 cm³/mol. The van der Waals surface area contributed by atoms with E-state index in [1.807, 2.05) is 73.7 Å². The molecule has 0 aliphatic heterocycles. The third kappa shape index (κ3) is 6.20. The van der Waals surface area contributed by atoms with E-state index in [0.717, 1.165) is 35.1 Å². The normalized spacial score (nSPS) is 11.4. The maximum atomic E-state index is 11.6. The lowest BCUT2D eigenvalue weighted by atomic mass is 9.99. The first kappa shape index (κ1) is 23.1. The van der Waals surface area contributed by atoms with E-state index in [2.05, 4.69) is 0 Å². The van der Waals surface area contributed by atoms with Crippen LogP contribution in [0.2, 0.25) is 0 Å². The van der Waals surface area contributed by atoms with Gasteiger partial charge in [-0.3, -0.25) is 9.59 Å². The molecule has 0 saturated heterocycles. The van der Waals surface area contributed by atoms with Crippen LogP contribution in [-0.4, -0.2) is 25.0 Å². The van der Waals surface area contributed by atoms with Gasteiger partial charge in [0.25, 0.3) is 0 Å². The van der Waals surface area contributed by atoms with E-state index in [4.69, 9.17) is 14.2 Å².